The predicted octanol–water partition coefficient (Wildman–Crippen LogP) is 1.96. The van der Waals surface area contributed by atoms with Gasteiger partial charge in [0.15, 0.2) is 0 Å². The van der Waals surface area contributed by atoms with E-state index in [1.165, 1.54) is 12.1 Å². The maximum Gasteiger partial charge on any atom is 0.274 e. The normalized spacial score (nSPS) is 10.8. The van der Waals surface area contributed by atoms with E-state index in [2.05, 4.69) is 34.3 Å². The standard InChI is InChI=1S/C14H17FN4O/c1-9(2)8-16-14-17-13(20)12(18-19-14)7-10-3-5-11(15)6-4-10/h3-6,9H,7-8H2,1-2H3,(H2,16,17,19,20). The van der Waals surface area contributed by atoms with Gasteiger partial charge in [-0.1, -0.05) is 26.0 Å². The van der Waals surface area contributed by atoms with Gasteiger partial charge in [-0.2, -0.15) is 0 Å². The lowest BCUT2D eigenvalue weighted by molar-refractivity contribution is 0.627. The molecule has 0 aliphatic heterocycles. The summed E-state index contributed by atoms with van der Waals surface area (Å²) in [5.41, 5.74) is 0.844. The van der Waals surface area contributed by atoms with Gasteiger partial charge in [0.25, 0.3) is 5.56 Å². The summed E-state index contributed by atoms with van der Waals surface area (Å²) < 4.78 is 12.8. The van der Waals surface area contributed by atoms with Gasteiger partial charge in [0, 0.05) is 13.0 Å². The summed E-state index contributed by atoms with van der Waals surface area (Å²) >= 11 is 0. The second-order valence-corrected chi connectivity index (χ2v) is 5.03. The number of halogens is 1. The summed E-state index contributed by atoms with van der Waals surface area (Å²) in [5, 5.41) is 10.9. The van der Waals surface area contributed by atoms with Crippen molar-refractivity contribution in [1.29, 1.82) is 0 Å². The number of nitrogens with one attached hydrogen (secondary N) is 2. The van der Waals surface area contributed by atoms with E-state index in [4.69, 9.17) is 0 Å². The zero-order valence-electron chi connectivity index (χ0n) is 11.5. The third-order valence-electron chi connectivity index (χ3n) is 2.73. The van der Waals surface area contributed by atoms with Crippen molar-refractivity contribution in [2.45, 2.75) is 20.3 Å². The molecule has 2 N–H and O–H groups in total. The van der Waals surface area contributed by atoms with Gasteiger partial charge in [0.2, 0.25) is 5.95 Å². The van der Waals surface area contributed by atoms with Crippen LogP contribution in [-0.2, 0) is 6.42 Å². The molecule has 0 aliphatic carbocycles. The second-order valence-electron chi connectivity index (χ2n) is 5.03. The SMILES string of the molecule is CC(C)CNc1nnc(Cc2ccc(F)cc2)c(=O)[nH]1. The number of nitrogens with zero attached hydrogens (tertiary/aromatic N) is 2. The Kier molecular flexibility index (Phi) is 4.45. The molecule has 0 amide bonds. The van der Waals surface area contributed by atoms with Gasteiger partial charge >= 0.3 is 0 Å². The van der Waals surface area contributed by atoms with Crippen LogP contribution in [0.2, 0.25) is 0 Å². The van der Waals surface area contributed by atoms with Crippen molar-refractivity contribution < 1.29 is 4.39 Å². The van der Waals surface area contributed by atoms with Crippen molar-refractivity contribution in [3.63, 3.8) is 0 Å². The monoisotopic (exact) mass is 276 g/mol. The molecule has 1 heterocycles. The number of hydrogen-bond donors (Lipinski definition) is 2. The second kappa shape index (κ2) is 6.27. The lowest BCUT2D eigenvalue weighted by Gasteiger charge is -2.07. The van der Waals surface area contributed by atoms with E-state index in [1.54, 1.807) is 12.1 Å². The number of hydrogen-bond acceptors (Lipinski definition) is 4. The third-order valence-corrected chi connectivity index (χ3v) is 2.73. The highest BCUT2D eigenvalue weighted by Crippen LogP contribution is 2.06. The highest BCUT2D eigenvalue weighted by Gasteiger charge is 2.06. The average Bonchev–Trinajstić information content (AvgIpc) is 2.41. The maximum absolute atomic E-state index is 12.8. The van der Waals surface area contributed by atoms with E-state index in [0.717, 1.165) is 5.56 Å². The molecule has 0 atom stereocenters. The van der Waals surface area contributed by atoms with Gasteiger partial charge in [-0.05, 0) is 23.6 Å². The Labute approximate surface area is 116 Å². The lowest BCUT2D eigenvalue weighted by atomic mass is 10.1. The summed E-state index contributed by atoms with van der Waals surface area (Å²) in [4.78, 5) is 14.5. The van der Waals surface area contributed by atoms with E-state index < -0.39 is 0 Å². The Hall–Kier alpha value is -2.24. The fourth-order valence-electron chi connectivity index (χ4n) is 1.65. The van der Waals surface area contributed by atoms with Crippen LogP contribution in [0.15, 0.2) is 29.1 Å². The lowest BCUT2D eigenvalue weighted by Crippen LogP contribution is -2.21. The van der Waals surface area contributed by atoms with Crippen molar-refractivity contribution in [2.24, 2.45) is 5.92 Å². The zero-order valence-corrected chi connectivity index (χ0v) is 11.5. The maximum atomic E-state index is 12.8. The quantitative estimate of drug-likeness (QED) is 0.875. The highest BCUT2D eigenvalue weighted by molar-refractivity contribution is 5.24. The molecule has 20 heavy (non-hydrogen) atoms. The first kappa shape index (κ1) is 14.2. The molecule has 0 saturated heterocycles. The first-order valence-corrected chi connectivity index (χ1v) is 6.49. The molecule has 0 unspecified atom stereocenters. The fraction of sp³-hybridized carbons (Fsp3) is 0.357. The van der Waals surface area contributed by atoms with Gasteiger partial charge in [-0.3, -0.25) is 9.78 Å². The van der Waals surface area contributed by atoms with Gasteiger partial charge < -0.3 is 5.32 Å². The Bertz CT molecular complexity index is 622. The molecule has 0 spiro atoms. The van der Waals surface area contributed by atoms with E-state index in [0.29, 0.717) is 30.5 Å². The number of H-pyrrole nitrogens is 1. The van der Waals surface area contributed by atoms with Crippen LogP contribution < -0.4 is 10.9 Å². The number of anilines is 1. The third kappa shape index (κ3) is 3.88. The highest BCUT2D eigenvalue weighted by atomic mass is 19.1. The summed E-state index contributed by atoms with van der Waals surface area (Å²) in [7, 11) is 0. The number of benzene rings is 1. The number of rotatable bonds is 5. The summed E-state index contributed by atoms with van der Waals surface area (Å²) in [6, 6.07) is 5.97. The first-order chi connectivity index (χ1) is 9.54. The zero-order chi connectivity index (χ0) is 14.5. The molecule has 2 aromatic rings. The minimum absolute atomic E-state index is 0.282. The summed E-state index contributed by atoms with van der Waals surface area (Å²) in [6.45, 7) is 4.82. The van der Waals surface area contributed by atoms with Crippen LogP contribution >= 0.6 is 0 Å². The molecule has 2 rings (SSSR count). The summed E-state index contributed by atoms with van der Waals surface area (Å²) in [5.74, 6) is 0.507. The predicted molar refractivity (Wildman–Crippen MR) is 75.2 cm³/mol. The minimum atomic E-state index is -0.304. The van der Waals surface area contributed by atoms with Crippen molar-refractivity contribution in [1.82, 2.24) is 15.2 Å². The average molecular weight is 276 g/mol. The largest absolute Gasteiger partial charge is 0.354 e. The van der Waals surface area contributed by atoms with Gasteiger partial charge in [-0.15, -0.1) is 10.2 Å². The van der Waals surface area contributed by atoms with E-state index >= 15 is 0 Å². The number of aromatic amines is 1. The van der Waals surface area contributed by atoms with Crippen LogP contribution in [-0.4, -0.2) is 21.7 Å². The molecule has 0 aliphatic rings. The molecule has 0 saturated carbocycles. The Morgan fingerprint density at radius 1 is 1.25 bits per heavy atom. The van der Waals surface area contributed by atoms with E-state index in [-0.39, 0.29) is 11.4 Å². The minimum Gasteiger partial charge on any atom is -0.354 e. The van der Waals surface area contributed by atoms with Crippen LogP contribution in [0.5, 0.6) is 0 Å². The molecule has 1 aromatic carbocycles. The van der Waals surface area contributed by atoms with Gasteiger partial charge in [0.05, 0.1) is 0 Å². The smallest absolute Gasteiger partial charge is 0.274 e. The van der Waals surface area contributed by atoms with E-state index in [9.17, 15) is 9.18 Å². The van der Waals surface area contributed by atoms with Crippen LogP contribution in [0.3, 0.4) is 0 Å². The molecule has 106 valence electrons. The molecule has 0 bridgehead atoms. The molecule has 0 fully saturated rings. The molecule has 5 nitrogen and oxygen atoms in total. The van der Waals surface area contributed by atoms with Crippen molar-refractivity contribution in [3.8, 4) is 0 Å². The fourth-order valence-corrected chi connectivity index (χ4v) is 1.65. The summed E-state index contributed by atoms with van der Waals surface area (Å²) in [6.07, 6.45) is 0.326. The van der Waals surface area contributed by atoms with Crippen LogP contribution in [0.4, 0.5) is 10.3 Å². The Morgan fingerprint density at radius 3 is 2.55 bits per heavy atom. The number of aromatic nitrogens is 3. The van der Waals surface area contributed by atoms with Crippen LogP contribution in [0, 0.1) is 11.7 Å². The molecular formula is C14H17FN4O. The van der Waals surface area contributed by atoms with Crippen molar-refractivity contribution in [3.05, 3.63) is 51.7 Å². The van der Waals surface area contributed by atoms with Crippen molar-refractivity contribution >= 4 is 5.95 Å². The Balaban J connectivity index is 2.09. The molecule has 1 aromatic heterocycles. The van der Waals surface area contributed by atoms with Crippen LogP contribution in [0.1, 0.15) is 25.1 Å². The first-order valence-electron chi connectivity index (χ1n) is 6.49. The van der Waals surface area contributed by atoms with Crippen LogP contribution in [0.25, 0.3) is 0 Å². The van der Waals surface area contributed by atoms with E-state index in [1.807, 2.05) is 0 Å². The topological polar surface area (TPSA) is 70.7 Å². The van der Waals surface area contributed by atoms with Gasteiger partial charge in [-0.25, -0.2) is 4.39 Å². The molecule has 6 heteroatoms. The Morgan fingerprint density at radius 2 is 1.95 bits per heavy atom. The molecule has 0 radical (unpaired) electrons. The molecular weight excluding hydrogens is 259 g/mol. The van der Waals surface area contributed by atoms with Crippen molar-refractivity contribution in [2.75, 3.05) is 11.9 Å². The van der Waals surface area contributed by atoms with Gasteiger partial charge in [0.1, 0.15) is 11.5 Å².